The third kappa shape index (κ3) is 4.85. The Morgan fingerprint density at radius 1 is 1.19 bits per heavy atom. The van der Waals surface area contributed by atoms with Crippen molar-refractivity contribution in [3.05, 3.63) is 70.0 Å². The third-order valence-corrected chi connectivity index (χ3v) is 2.79. The molecule has 0 fully saturated rings. The molecule has 0 aromatic heterocycles. The van der Waals surface area contributed by atoms with Crippen molar-refractivity contribution in [1.82, 2.24) is 5.32 Å². The van der Waals surface area contributed by atoms with Crippen LogP contribution in [-0.2, 0) is 6.54 Å². The second-order valence-electron chi connectivity index (χ2n) is 4.41. The van der Waals surface area contributed by atoms with Crippen molar-refractivity contribution in [3.63, 3.8) is 0 Å². The monoisotopic (exact) mass is 290 g/mol. The van der Waals surface area contributed by atoms with E-state index in [1.165, 1.54) is 24.3 Å². The van der Waals surface area contributed by atoms with Crippen molar-refractivity contribution in [2.75, 3.05) is 13.2 Å². The first kappa shape index (κ1) is 14.9. The van der Waals surface area contributed by atoms with Crippen molar-refractivity contribution >= 4 is 5.69 Å². The van der Waals surface area contributed by atoms with Crippen LogP contribution < -0.4 is 10.1 Å². The van der Waals surface area contributed by atoms with Gasteiger partial charge in [-0.3, -0.25) is 10.1 Å². The van der Waals surface area contributed by atoms with E-state index in [0.717, 1.165) is 5.56 Å². The van der Waals surface area contributed by atoms with Gasteiger partial charge >= 0.3 is 0 Å². The Kier molecular flexibility index (Phi) is 5.22. The number of nitro benzene ring substituents is 1. The summed E-state index contributed by atoms with van der Waals surface area (Å²) in [5.41, 5.74) is 0.903. The number of nitro groups is 1. The van der Waals surface area contributed by atoms with E-state index in [2.05, 4.69) is 5.32 Å². The highest BCUT2D eigenvalue weighted by molar-refractivity contribution is 5.34. The van der Waals surface area contributed by atoms with E-state index in [4.69, 9.17) is 4.74 Å². The first-order valence-corrected chi connectivity index (χ1v) is 6.47. The summed E-state index contributed by atoms with van der Waals surface area (Å²) >= 11 is 0. The molecule has 0 aliphatic heterocycles. The predicted molar refractivity (Wildman–Crippen MR) is 76.7 cm³/mol. The average molecular weight is 290 g/mol. The quantitative estimate of drug-likeness (QED) is 0.484. The number of ether oxygens (including phenoxy) is 1. The summed E-state index contributed by atoms with van der Waals surface area (Å²) in [7, 11) is 0. The van der Waals surface area contributed by atoms with Gasteiger partial charge in [-0.25, -0.2) is 4.39 Å². The molecule has 6 heteroatoms. The van der Waals surface area contributed by atoms with Crippen molar-refractivity contribution in [3.8, 4) is 5.75 Å². The van der Waals surface area contributed by atoms with Crippen molar-refractivity contribution < 1.29 is 14.1 Å². The van der Waals surface area contributed by atoms with Gasteiger partial charge in [0.2, 0.25) is 0 Å². The molecule has 21 heavy (non-hydrogen) atoms. The molecule has 0 bridgehead atoms. The standard InChI is InChI=1S/C15H15FN2O3/c16-13-4-2-6-15(10-13)21-8-7-17-11-12-3-1-5-14(9-12)18(19)20/h1-6,9-10,17H,7-8,11H2. The number of hydrogen-bond acceptors (Lipinski definition) is 4. The number of non-ortho nitro benzene ring substituents is 1. The van der Waals surface area contributed by atoms with Gasteiger partial charge in [-0.05, 0) is 17.7 Å². The van der Waals surface area contributed by atoms with Crippen LogP contribution in [0.2, 0.25) is 0 Å². The molecule has 1 N–H and O–H groups in total. The lowest BCUT2D eigenvalue weighted by atomic mass is 10.2. The predicted octanol–water partition coefficient (Wildman–Crippen LogP) is 2.90. The van der Waals surface area contributed by atoms with Crippen LogP contribution in [0.5, 0.6) is 5.75 Å². The summed E-state index contributed by atoms with van der Waals surface area (Å²) in [6, 6.07) is 12.4. The van der Waals surface area contributed by atoms with Crippen LogP contribution in [0.25, 0.3) is 0 Å². The van der Waals surface area contributed by atoms with Crippen LogP contribution in [0.3, 0.4) is 0 Å². The van der Waals surface area contributed by atoms with Gasteiger partial charge in [0.25, 0.3) is 5.69 Å². The molecule has 0 heterocycles. The van der Waals surface area contributed by atoms with Crippen molar-refractivity contribution in [2.45, 2.75) is 6.54 Å². The second-order valence-corrected chi connectivity index (χ2v) is 4.41. The van der Waals surface area contributed by atoms with E-state index in [9.17, 15) is 14.5 Å². The third-order valence-electron chi connectivity index (χ3n) is 2.79. The van der Waals surface area contributed by atoms with Gasteiger partial charge < -0.3 is 10.1 Å². The summed E-state index contributed by atoms with van der Waals surface area (Å²) in [6.45, 7) is 1.45. The van der Waals surface area contributed by atoms with E-state index in [0.29, 0.717) is 25.4 Å². The number of hydrogen-bond donors (Lipinski definition) is 1. The zero-order valence-electron chi connectivity index (χ0n) is 11.3. The summed E-state index contributed by atoms with van der Waals surface area (Å²) in [6.07, 6.45) is 0. The maximum absolute atomic E-state index is 12.9. The van der Waals surface area contributed by atoms with E-state index in [-0.39, 0.29) is 11.5 Å². The van der Waals surface area contributed by atoms with Crippen LogP contribution in [0, 0.1) is 15.9 Å². The molecule has 2 aromatic carbocycles. The number of nitrogens with zero attached hydrogens (tertiary/aromatic N) is 1. The Bertz CT molecular complexity index is 619. The van der Waals surface area contributed by atoms with Gasteiger partial charge in [-0.15, -0.1) is 0 Å². The zero-order valence-corrected chi connectivity index (χ0v) is 11.3. The molecule has 0 aliphatic rings. The highest BCUT2D eigenvalue weighted by Gasteiger charge is 2.05. The van der Waals surface area contributed by atoms with Crippen molar-refractivity contribution in [2.24, 2.45) is 0 Å². The smallest absolute Gasteiger partial charge is 0.269 e. The maximum Gasteiger partial charge on any atom is 0.269 e. The zero-order chi connectivity index (χ0) is 15.1. The summed E-state index contributed by atoms with van der Waals surface area (Å²) in [5.74, 6) is 0.143. The summed E-state index contributed by atoms with van der Waals surface area (Å²) in [4.78, 5) is 10.2. The lowest BCUT2D eigenvalue weighted by molar-refractivity contribution is -0.384. The van der Waals surface area contributed by atoms with Gasteiger partial charge in [0.15, 0.2) is 0 Å². The minimum Gasteiger partial charge on any atom is -0.492 e. The number of nitrogens with one attached hydrogen (secondary N) is 1. The van der Waals surface area contributed by atoms with Gasteiger partial charge in [0.05, 0.1) is 4.92 Å². The number of benzene rings is 2. The normalized spacial score (nSPS) is 10.3. The van der Waals surface area contributed by atoms with Gasteiger partial charge in [0.1, 0.15) is 18.2 Å². The van der Waals surface area contributed by atoms with Crippen LogP contribution in [0.4, 0.5) is 10.1 Å². The Balaban J connectivity index is 1.72. The van der Waals surface area contributed by atoms with Gasteiger partial charge in [0, 0.05) is 31.3 Å². The molecule has 110 valence electrons. The van der Waals surface area contributed by atoms with E-state index in [1.54, 1.807) is 18.2 Å². The largest absolute Gasteiger partial charge is 0.492 e. The molecule has 0 saturated heterocycles. The molecule has 0 aliphatic carbocycles. The lowest BCUT2D eigenvalue weighted by Crippen LogP contribution is -2.20. The topological polar surface area (TPSA) is 64.4 Å². The Hall–Kier alpha value is -2.47. The molecule has 0 amide bonds. The second kappa shape index (κ2) is 7.35. The fourth-order valence-corrected chi connectivity index (χ4v) is 1.81. The first-order chi connectivity index (χ1) is 10.1. The SMILES string of the molecule is O=[N+]([O-])c1cccc(CNCCOc2cccc(F)c2)c1. The molecule has 0 atom stereocenters. The first-order valence-electron chi connectivity index (χ1n) is 6.47. The Morgan fingerprint density at radius 3 is 2.76 bits per heavy atom. The van der Waals surface area contributed by atoms with Crippen LogP contribution in [0.1, 0.15) is 5.56 Å². The molecule has 5 nitrogen and oxygen atoms in total. The molecule has 2 aromatic rings. The lowest BCUT2D eigenvalue weighted by Gasteiger charge is -2.07. The molecule has 0 radical (unpaired) electrons. The summed E-state index contributed by atoms with van der Waals surface area (Å²) in [5, 5.41) is 13.8. The Morgan fingerprint density at radius 2 is 2.00 bits per heavy atom. The fraction of sp³-hybridized carbons (Fsp3) is 0.200. The van der Waals surface area contributed by atoms with Gasteiger partial charge in [-0.1, -0.05) is 18.2 Å². The molecular formula is C15H15FN2O3. The van der Waals surface area contributed by atoms with E-state index in [1.807, 2.05) is 6.07 Å². The highest BCUT2D eigenvalue weighted by Crippen LogP contribution is 2.13. The molecule has 2 rings (SSSR count). The minimum atomic E-state index is -0.420. The fourth-order valence-electron chi connectivity index (χ4n) is 1.81. The number of halogens is 1. The van der Waals surface area contributed by atoms with Crippen LogP contribution in [0.15, 0.2) is 48.5 Å². The van der Waals surface area contributed by atoms with Gasteiger partial charge in [-0.2, -0.15) is 0 Å². The maximum atomic E-state index is 12.9. The highest BCUT2D eigenvalue weighted by atomic mass is 19.1. The summed E-state index contributed by atoms with van der Waals surface area (Å²) < 4.78 is 18.3. The molecule has 0 spiro atoms. The molecule has 0 saturated carbocycles. The van der Waals surface area contributed by atoms with Crippen LogP contribution in [-0.4, -0.2) is 18.1 Å². The molecule has 0 unspecified atom stereocenters. The van der Waals surface area contributed by atoms with E-state index >= 15 is 0 Å². The minimum absolute atomic E-state index is 0.0744. The Labute approximate surface area is 121 Å². The average Bonchev–Trinajstić information content (AvgIpc) is 2.47. The number of rotatable bonds is 7. The van der Waals surface area contributed by atoms with Crippen molar-refractivity contribution in [1.29, 1.82) is 0 Å². The van der Waals surface area contributed by atoms with E-state index < -0.39 is 4.92 Å². The molecular weight excluding hydrogens is 275 g/mol. The van der Waals surface area contributed by atoms with Crippen LogP contribution >= 0.6 is 0 Å².